The lowest BCUT2D eigenvalue weighted by molar-refractivity contribution is -0.688. The van der Waals surface area contributed by atoms with Crippen LogP contribution in [0.1, 0.15) is 93.7 Å². The molecule has 1 saturated carbocycles. The van der Waals surface area contributed by atoms with Gasteiger partial charge >= 0.3 is 49.4 Å². The van der Waals surface area contributed by atoms with Gasteiger partial charge in [0.2, 0.25) is 0 Å². The number of hydrogen-bond acceptors (Lipinski definition) is 0. The minimum atomic E-state index is -6.13. The first-order chi connectivity index (χ1) is 34.7. The van der Waals surface area contributed by atoms with E-state index in [9.17, 15) is 105 Å². The molecule has 0 bridgehead atoms. The van der Waals surface area contributed by atoms with Crippen molar-refractivity contribution in [1.82, 2.24) is 0 Å². The fraction of sp³-hybridized carbons (Fsp3) is 0.300. The average molecular weight is 1120 g/mol. The van der Waals surface area contributed by atoms with Crippen LogP contribution in [0.3, 0.4) is 0 Å². The van der Waals surface area contributed by atoms with Gasteiger partial charge in [0, 0.05) is 17.7 Å². The normalized spacial score (nSPS) is 14.8. The van der Waals surface area contributed by atoms with Gasteiger partial charge in [-0.25, -0.2) is 4.57 Å². The summed E-state index contributed by atoms with van der Waals surface area (Å²) in [6.45, 7) is 0.964. The van der Waals surface area contributed by atoms with Crippen molar-refractivity contribution in [1.29, 1.82) is 0 Å². The first kappa shape index (κ1) is 58.9. The SMILES string of the molecule is FC(F)(F)c1cc([B-](c2cc(C(F)(F)F)cc(C(F)(F)F)c2)(c2cc(C(F)(F)F)cc(C(F)(F)F)c2)c2cc(C(F)(F)F)cc(C(F)(F)F)c2)cc(C(F)(F)F)c1.c1ccc(C[n+]2ccc(C3CCCCC3)cc2)cc1. The van der Waals surface area contributed by atoms with Crippen molar-refractivity contribution in [2.75, 3.05) is 0 Å². The average Bonchev–Trinajstić information content (AvgIpc) is 3.30. The molecule has 5 aromatic carbocycles. The Kier molecular flexibility index (Phi) is 16.2. The maximum atomic E-state index is 14.2. The Balaban J connectivity index is 0.000000408. The quantitative estimate of drug-likeness (QED) is 0.0852. The highest BCUT2D eigenvalue weighted by molar-refractivity contribution is 7.20. The van der Waals surface area contributed by atoms with E-state index in [-0.39, 0.29) is 0 Å². The van der Waals surface area contributed by atoms with E-state index in [2.05, 4.69) is 59.4 Å². The topological polar surface area (TPSA) is 3.88 Å². The molecule has 7 rings (SSSR count). The van der Waals surface area contributed by atoms with E-state index in [4.69, 9.17) is 0 Å². The number of aromatic nitrogens is 1. The molecule has 0 atom stereocenters. The molecule has 1 nitrogen and oxygen atoms in total. The van der Waals surface area contributed by atoms with E-state index >= 15 is 0 Å². The molecule has 1 aliphatic rings. The Morgan fingerprint density at radius 2 is 0.579 bits per heavy atom. The first-order valence-corrected chi connectivity index (χ1v) is 22.1. The molecule has 26 heteroatoms. The van der Waals surface area contributed by atoms with Gasteiger partial charge in [0.15, 0.2) is 18.9 Å². The summed E-state index contributed by atoms with van der Waals surface area (Å²) in [6, 6.07) is 6.47. The highest BCUT2D eigenvalue weighted by atomic mass is 19.4. The van der Waals surface area contributed by atoms with Gasteiger partial charge in [-0.15, -0.1) is 0 Å². The first-order valence-electron chi connectivity index (χ1n) is 22.1. The van der Waals surface area contributed by atoms with Crippen molar-refractivity contribution >= 4 is 28.0 Å². The zero-order valence-electron chi connectivity index (χ0n) is 38.0. The number of hydrogen-bond donors (Lipinski definition) is 0. The summed E-state index contributed by atoms with van der Waals surface area (Å²) < 4.78 is 343. The van der Waals surface area contributed by atoms with E-state index in [0.29, 0.717) is 0 Å². The number of nitrogens with zero attached hydrogens (tertiary/aromatic N) is 1. The van der Waals surface area contributed by atoms with Gasteiger partial charge in [-0.3, -0.25) is 0 Å². The van der Waals surface area contributed by atoms with E-state index < -0.39 is 195 Å². The standard InChI is InChI=1S/C32H12BF24.C18H22N/c34-25(35,36)13-1-14(26(37,38)39)6-21(5-13)33(22-7-15(27(40,41)42)2-16(8-22)28(43,44)45,23-9-17(29(46,47)48)3-18(10-23)30(49,50)51)24-11-19(31(52,53)54)4-20(12-24)32(55,56)57;1-3-7-16(8-4-1)15-19-13-11-18(12-14-19)17-9-5-2-6-10-17/h1-12H;1,3-4,7-8,11-14,17H,2,5-6,9-10,15H2/q-1;+1. The number of pyridine rings is 1. The summed E-state index contributed by atoms with van der Waals surface area (Å²) in [7, 11) is 0. The van der Waals surface area contributed by atoms with Crippen LogP contribution in [0, 0.1) is 0 Å². The predicted octanol–water partition coefficient (Wildman–Crippen LogP) is 15.3. The van der Waals surface area contributed by atoms with Gasteiger partial charge in [0.05, 0.1) is 44.5 Å². The Morgan fingerprint density at radius 1 is 0.329 bits per heavy atom. The van der Waals surface area contributed by atoms with Gasteiger partial charge in [0.1, 0.15) is 6.15 Å². The lowest BCUT2D eigenvalue weighted by Crippen LogP contribution is -2.75. The fourth-order valence-electron chi connectivity index (χ4n) is 9.15. The molecule has 410 valence electrons. The lowest BCUT2D eigenvalue weighted by atomic mass is 9.12. The van der Waals surface area contributed by atoms with Crippen molar-refractivity contribution < 1.29 is 110 Å². The summed E-state index contributed by atoms with van der Waals surface area (Å²) in [6.07, 6.45) is -43.3. The van der Waals surface area contributed by atoms with Gasteiger partial charge in [-0.2, -0.15) is 127 Å². The molecule has 0 aliphatic heterocycles. The van der Waals surface area contributed by atoms with E-state index in [1.54, 1.807) is 0 Å². The van der Waals surface area contributed by atoms with Gasteiger partial charge in [0.25, 0.3) is 0 Å². The third-order valence-electron chi connectivity index (χ3n) is 12.6. The molecule has 1 heterocycles. The van der Waals surface area contributed by atoms with Gasteiger partial charge in [-0.05, 0) is 48.6 Å². The second kappa shape index (κ2) is 20.9. The van der Waals surface area contributed by atoms with Crippen molar-refractivity contribution in [3.05, 3.63) is 183 Å². The third kappa shape index (κ3) is 13.8. The highest BCUT2D eigenvalue weighted by Gasteiger charge is 2.47. The Hall–Kier alpha value is -6.37. The van der Waals surface area contributed by atoms with Crippen LogP contribution in [-0.2, 0) is 56.0 Å². The van der Waals surface area contributed by atoms with Crippen LogP contribution < -0.4 is 26.4 Å². The van der Waals surface area contributed by atoms with Crippen LogP contribution in [0.25, 0.3) is 0 Å². The molecule has 0 spiro atoms. The Bertz CT molecular complexity index is 2530. The lowest BCUT2D eigenvalue weighted by Gasteiger charge is -2.46. The molecule has 0 radical (unpaired) electrons. The van der Waals surface area contributed by atoms with E-state index in [0.717, 1.165) is 12.5 Å². The number of benzene rings is 5. The number of rotatable bonds is 7. The molecule has 0 N–H and O–H groups in total. The zero-order chi connectivity index (χ0) is 56.8. The molecule has 0 unspecified atom stereocenters. The van der Waals surface area contributed by atoms with Crippen molar-refractivity contribution in [3.63, 3.8) is 0 Å². The summed E-state index contributed by atoms with van der Waals surface area (Å²) in [5.41, 5.74) is -27.3. The molecule has 6 aromatic rings. The summed E-state index contributed by atoms with van der Waals surface area (Å²) in [5, 5.41) is 0. The Labute approximate surface area is 414 Å². The highest BCUT2D eigenvalue weighted by Crippen LogP contribution is 2.42. The number of alkyl halides is 24. The largest absolute Gasteiger partial charge is 0.416 e. The molecule has 1 aliphatic carbocycles. The van der Waals surface area contributed by atoms with Crippen LogP contribution >= 0.6 is 0 Å². The van der Waals surface area contributed by atoms with Gasteiger partial charge in [-0.1, -0.05) is 98.1 Å². The minimum absolute atomic E-state index is 0.691. The molecule has 1 fully saturated rings. The number of halogens is 24. The monoisotopic (exact) mass is 1120 g/mol. The van der Waals surface area contributed by atoms with Crippen molar-refractivity contribution in [3.8, 4) is 0 Å². The minimum Gasteiger partial charge on any atom is -0.201 e. The summed E-state index contributed by atoms with van der Waals surface area (Å²) in [5.74, 6) is 0.806. The van der Waals surface area contributed by atoms with E-state index in [1.165, 1.54) is 43.2 Å². The molecule has 1 aromatic heterocycles. The third-order valence-corrected chi connectivity index (χ3v) is 12.6. The van der Waals surface area contributed by atoms with Crippen LogP contribution in [0.15, 0.2) is 128 Å². The van der Waals surface area contributed by atoms with Crippen LogP contribution in [-0.4, -0.2) is 6.15 Å². The zero-order valence-corrected chi connectivity index (χ0v) is 38.0. The smallest absolute Gasteiger partial charge is 0.201 e. The summed E-state index contributed by atoms with van der Waals surface area (Å²) >= 11 is 0. The van der Waals surface area contributed by atoms with E-state index in [1.807, 2.05) is 0 Å². The maximum absolute atomic E-state index is 14.2. The van der Waals surface area contributed by atoms with Crippen LogP contribution in [0.4, 0.5) is 105 Å². The van der Waals surface area contributed by atoms with Crippen LogP contribution in [0.2, 0.25) is 0 Å². The molecular weight excluding hydrogens is 1080 g/mol. The molecule has 0 amide bonds. The van der Waals surface area contributed by atoms with Gasteiger partial charge < -0.3 is 0 Å². The van der Waals surface area contributed by atoms with Crippen LogP contribution in [0.5, 0.6) is 0 Å². The second-order valence-electron chi connectivity index (χ2n) is 17.8. The summed E-state index contributed by atoms with van der Waals surface area (Å²) in [4.78, 5) is 0. The predicted molar refractivity (Wildman–Crippen MR) is 228 cm³/mol. The van der Waals surface area contributed by atoms with Crippen molar-refractivity contribution in [2.24, 2.45) is 0 Å². The Morgan fingerprint density at radius 3 is 0.816 bits per heavy atom. The molecular formula is C50H34BF24N. The molecule has 0 saturated heterocycles. The molecule has 76 heavy (non-hydrogen) atoms. The van der Waals surface area contributed by atoms with Crippen molar-refractivity contribution in [2.45, 2.75) is 94.0 Å². The second-order valence-corrected chi connectivity index (χ2v) is 17.8. The fourth-order valence-corrected chi connectivity index (χ4v) is 9.15. The maximum Gasteiger partial charge on any atom is 0.416 e.